The fourth-order valence-corrected chi connectivity index (χ4v) is 6.77. The van der Waals surface area contributed by atoms with E-state index in [1.807, 2.05) is 36.9 Å². The number of fused-ring (bicyclic) bond motifs is 1. The van der Waals surface area contributed by atoms with Gasteiger partial charge >= 0.3 is 0 Å². The standard InChI is InChI=1S/C29H37N5O2S/c1-18-16-22(21-12-7-8-13-23(21)31-18)24-17-37-28(32-24)25-14-9-15-34(25)29(36)26(20-10-5-4-6-11-20)33-27(35)19(2)30-3/h7-8,12-13,16-17,19-20,25-26,30H,4-6,9-11,14-15H2,1-3H3,(H,33,35)/t19-,25-,26-/m0/s1. The van der Waals surface area contributed by atoms with Gasteiger partial charge in [0.2, 0.25) is 11.8 Å². The van der Waals surface area contributed by atoms with E-state index >= 15 is 0 Å². The summed E-state index contributed by atoms with van der Waals surface area (Å²) in [7, 11) is 1.77. The van der Waals surface area contributed by atoms with Crippen molar-refractivity contribution in [2.45, 2.75) is 76.9 Å². The largest absolute Gasteiger partial charge is 0.343 e. The Balaban J connectivity index is 1.41. The normalized spacial score (nSPS) is 20.2. The van der Waals surface area contributed by atoms with Crippen LogP contribution < -0.4 is 10.6 Å². The molecular weight excluding hydrogens is 482 g/mol. The summed E-state index contributed by atoms with van der Waals surface area (Å²) in [5.74, 6) is 0.125. The van der Waals surface area contributed by atoms with Gasteiger partial charge in [-0.05, 0) is 64.6 Å². The van der Waals surface area contributed by atoms with Gasteiger partial charge < -0.3 is 15.5 Å². The first-order valence-corrected chi connectivity index (χ1v) is 14.4. The lowest BCUT2D eigenvalue weighted by atomic mass is 9.83. The van der Waals surface area contributed by atoms with Crippen LogP contribution in [0, 0.1) is 12.8 Å². The molecule has 37 heavy (non-hydrogen) atoms. The zero-order valence-electron chi connectivity index (χ0n) is 22.0. The maximum atomic E-state index is 14.0. The number of aromatic nitrogens is 2. The van der Waals surface area contributed by atoms with Gasteiger partial charge in [0.1, 0.15) is 11.0 Å². The Hall–Kier alpha value is -2.84. The summed E-state index contributed by atoms with van der Waals surface area (Å²) in [6, 6.07) is 9.38. The van der Waals surface area contributed by atoms with Gasteiger partial charge in [0.25, 0.3) is 0 Å². The fraction of sp³-hybridized carbons (Fsp3) is 0.517. The molecule has 7 nitrogen and oxygen atoms in total. The number of nitrogens with one attached hydrogen (secondary N) is 2. The van der Waals surface area contributed by atoms with E-state index in [1.165, 1.54) is 6.42 Å². The summed E-state index contributed by atoms with van der Waals surface area (Å²) in [6.07, 6.45) is 7.25. The van der Waals surface area contributed by atoms with E-state index in [2.05, 4.69) is 33.1 Å². The van der Waals surface area contributed by atoms with E-state index in [0.29, 0.717) is 6.54 Å². The predicted octanol–water partition coefficient (Wildman–Crippen LogP) is 5.00. The van der Waals surface area contributed by atoms with Gasteiger partial charge in [0, 0.05) is 28.6 Å². The number of amides is 2. The van der Waals surface area contributed by atoms with Crippen molar-refractivity contribution < 1.29 is 9.59 Å². The molecule has 1 saturated carbocycles. The molecule has 2 aromatic heterocycles. The number of hydrogen-bond donors (Lipinski definition) is 2. The topological polar surface area (TPSA) is 87.2 Å². The monoisotopic (exact) mass is 519 g/mol. The number of aryl methyl sites for hydroxylation is 1. The molecule has 0 unspecified atom stereocenters. The Morgan fingerprint density at radius 3 is 2.65 bits per heavy atom. The highest BCUT2D eigenvalue weighted by Gasteiger charge is 2.40. The van der Waals surface area contributed by atoms with Crippen molar-refractivity contribution >= 4 is 34.1 Å². The van der Waals surface area contributed by atoms with Crippen LogP contribution in [0.5, 0.6) is 0 Å². The lowest BCUT2D eigenvalue weighted by molar-refractivity contribution is -0.139. The Morgan fingerprint density at radius 1 is 1.08 bits per heavy atom. The number of para-hydroxylation sites is 1. The third-order valence-corrected chi connectivity index (χ3v) is 8.92. The number of carbonyl (C=O) groups excluding carboxylic acids is 2. The molecule has 3 atom stereocenters. The molecule has 8 heteroatoms. The minimum Gasteiger partial charge on any atom is -0.343 e. The molecule has 2 amide bonds. The highest BCUT2D eigenvalue weighted by molar-refractivity contribution is 7.10. The highest BCUT2D eigenvalue weighted by atomic mass is 32.1. The van der Waals surface area contributed by atoms with Crippen LogP contribution in [-0.2, 0) is 9.59 Å². The van der Waals surface area contributed by atoms with Crippen LogP contribution in [0.25, 0.3) is 22.2 Å². The smallest absolute Gasteiger partial charge is 0.246 e. The molecule has 3 aromatic rings. The summed E-state index contributed by atoms with van der Waals surface area (Å²) in [5.41, 5.74) is 3.94. The first-order chi connectivity index (χ1) is 18.0. The van der Waals surface area contributed by atoms with Crippen molar-refractivity contribution in [2.75, 3.05) is 13.6 Å². The second-order valence-corrected chi connectivity index (χ2v) is 11.4. The Bertz CT molecular complexity index is 1270. The summed E-state index contributed by atoms with van der Waals surface area (Å²) in [5, 5.41) is 10.3. The molecule has 2 aliphatic rings. The van der Waals surface area contributed by atoms with Crippen LogP contribution in [0.3, 0.4) is 0 Å². The number of pyridine rings is 1. The number of hydrogen-bond acceptors (Lipinski definition) is 6. The molecule has 0 bridgehead atoms. The fourth-order valence-electron chi connectivity index (χ4n) is 5.81. The molecule has 3 heterocycles. The van der Waals surface area contributed by atoms with Gasteiger partial charge in [-0.1, -0.05) is 37.5 Å². The van der Waals surface area contributed by atoms with Gasteiger partial charge in [0.15, 0.2) is 0 Å². The minimum absolute atomic E-state index is 0.0491. The summed E-state index contributed by atoms with van der Waals surface area (Å²) < 4.78 is 0. The van der Waals surface area contributed by atoms with E-state index in [4.69, 9.17) is 4.98 Å². The molecule has 1 aromatic carbocycles. The van der Waals surface area contributed by atoms with E-state index in [-0.39, 0.29) is 29.8 Å². The predicted molar refractivity (Wildman–Crippen MR) is 148 cm³/mol. The molecule has 0 radical (unpaired) electrons. The first kappa shape index (κ1) is 25.8. The minimum atomic E-state index is -0.476. The van der Waals surface area contributed by atoms with Gasteiger partial charge in [0.05, 0.1) is 23.3 Å². The number of likely N-dealkylation sites (tertiary alicyclic amines) is 1. The second kappa shape index (κ2) is 11.3. The maximum absolute atomic E-state index is 14.0. The van der Waals surface area contributed by atoms with Crippen LogP contribution in [-0.4, -0.2) is 52.4 Å². The van der Waals surface area contributed by atoms with Crippen molar-refractivity contribution in [1.82, 2.24) is 25.5 Å². The molecule has 2 N–H and O–H groups in total. The molecule has 1 saturated heterocycles. The number of carbonyl (C=O) groups is 2. The average Bonchev–Trinajstić information content (AvgIpc) is 3.61. The van der Waals surface area contributed by atoms with Gasteiger partial charge in [-0.25, -0.2) is 4.98 Å². The average molecular weight is 520 g/mol. The molecule has 196 valence electrons. The van der Waals surface area contributed by atoms with Crippen molar-refractivity contribution in [2.24, 2.45) is 5.92 Å². The SMILES string of the molecule is CN[C@@H](C)C(=O)N[C@H](C(=O)N1CCC[C@H]1c1nc(-c2cc(C)nc3ccccc23)cs1)C1CCCCC1. The number of nitrogens with zero attached hydrogens (tertiary/aromatic N) is 3. The van der Waals surface area contributed by atoms with E-state index in [9.17, 15) is 9.59 Å². The second-order valence-electron chi connectivity index (χ2n) is 10.5. The van der Waals surface area contributed by atoms with Gasteiger partial charge in [-0.3, -0.25) is 14.6 Å². The highest BCUT2D eigenvalue weighted by Crippen LogP contribution is 2.38. The van der Waals surface area contributed by atoms with Crippen LogP contribution in [0.15, 0.2) is 35.7 Å². The van der Waals surface area contributed by atoms with Crippen molar-refractivity contribution in [1.29, 1.82) is 0 Å². The molecule has 1 aliphatic heterocycles. The quantitative estimate of drug-likeness (QED) is 0.459. The number of rotatable bonds is 7. The molecule has 0 spiro atoms. The van der Waals surface area contributed by atoms with Crippen molar-refractivity contribution in [3.05, 3.63) is 46.4 Å². The lowest BCUT2D eigenvalue weighted by Gasteiger charge is -2.35. The third-order valence-electron chi connectivity index (χ3n) is 7.97. The number of benzene rings is 1. The number of likely N-dealkylation sites (N-methyl/N-ethyl adjacent to an activating group) is 1. The van der Waals surface area contributed by atoms with Crippen LogP contribution in [0.1, 0.15) is 68.6 Å². The zero-order valence-corrected chi connectivity index (χ0v) is 22.8. The Kier molecular flexibility index (Phi) is 7.86. The third kappa shape index (κ3) is 5.41. The molecule has 5 rings (SSSR count). The summed E-state index contributed by atoms with van der Waals surface area (Å²) in [6.45, 7) is 4.55. The van der Waals surface area contributed by atoms with E-state index < -0.39 is 6.04 Å². The Labute approximate surface area is 223 Å². The molecular formula is C29H37N5O2S. The molecule has 1 aliphatic carbocycles. The van der Waals surface area contributed by atoms with Crippen molar-refractivity contribution in [3.8, 4) is 11.3 Å². The van der Waals surface area contributed by atoms with Crippen LogP contribution in [0.4, 0.5) is 0 Å². The van der Waals surface area contributed by atoms with Crippen LogP contribution >= 0.6 is 11.3 Å². The van der Waals surface area contributed by atoms with Crippen molar-refractivity contribution in [3.63, 3.8) is 0 Å². The first-order valence-electron chi connectivity index (χ1n) is 13.6. The summed E-state index contributed by atoms with van der Waals surface area (Å²) >= 11 is 1.62. The van der Waals surface area contributed by atoms with Gasteiger partial charge in [-0.2, -0.15) is 0 Å². The van der Waals surface area contributed by atoms with E-state index in [1.54, 1.807) is 18.4 Å². The summed E-state index contributed by atoms with van der Waals surface area (Å²) in [4.78, 5) is 38.6. The number of thiazole rings is 1. The van der Waals surface area contributed by atoms with Gasteiger partial charge in [-0.15, -0.1) is 11.3 Å². The maximum Gasteiger partial charge on any atom is 0.246 e. The van der Waals surface area contributed by atoms with Crippen LogP contribution in [0.2, 0.25) is 0 Å². The lowest BCUT2D eigenvalue weighted by Crippen LogP contribution is -2.55. The molecule has 2 fully saturated rings. The Morgan fingerprint density at radius 2 is 1.86 bits per heavy atom. The van der Waals surface area contributed by atoms with E-state index in [0.717, 1.165) is 71.4 Å². The zero-order chi connectivity index (χ0) is 25.9.